The highest BCUT2D eigenvalue weighted by Crippen LogP contribution is 2.30. The fourth-order valence-corrected chi connectivity index (χ4v) is 1.97. The highest BCUT2D eigenvalue weighted by Gasteiger charge is 2.11. The summed E-state index contributed by atoms with van der Waals surface area (Å²) in [7, 11) is 0. The summed E-state index contributed by atoms with van der Waals surface area (Å²) in [5.41, 5.74) is 0. The molecule has 0 saturated carbocycles. The van der Waals surface area contributed by atoms with Crippen molar-refractivity contribution in [3.05, 3.63) is 17.1 Å². The third-order valence-corrected chi connectivity index (χ3v) is 2.97. The molecule has 0 fully saturated rings. The number of anilines is 1. The largest absolute Gasteiger partial charge is 0.416 e. The molecule has 2 aromatic rings. The molecular formula is C9H10ClN5OS. The molecule has 2 heterocycles. The summed E-state index contributed by atoms with van der Waals surface area (Å²) in [4.78, 5) is 8.29. The van der Waals surface area contributed by atoms with Crippen LogP contribution in [0.4, 0.5) is 5.95 Å². The first-order valence-corrected chi connectivity index (χ1v) is 6.13. The van der Waals surface area contributed by atoms with E-state index in [9.17, 15) is 0 Å². The Balaban J connectivity index is 2.22. The van der Waals surface area contributed by atoms with E-state index in [1.165, 1.54) is 18.0 Å². The number of hydrogen-bond acceptors (Lipinski definition) is 7. The molecule has 0 saturated heterocycles. The second-order valence-corrected chi connectivity index (χ2v) is 4.41. The highest BCUT2D eigenvalue weighted by molar-refractivity contribution is 7.99. The van der Waals surface area contributed by atoms with Crippen LogP contribution in [0.5, 0.6) is 0 Å². The van der Waals surface area contributed by atoms with Gasteiger partial charge in [0.1, 0.15) is 5.03 Å². The van der Waals surface area contributed by atoms with E-state index in [1.807, 2.05) is 6.92 Å². The van der Waals surface area contributed by atoms with Crippen LogP contribution in [0.15, 0.2) is 20.9 Å². The monoisotopic (exact) mass is 271 g/mol. The van der Waals surface area contributed by atoms with Crippen LogP contribution in [0.3, 0.4) is 0 Å². The van der Waals surface area contributed by atoms with Gasteiger partial charge in [0.15, 0.2) is 0 Å². The zero-order chi connectivity index (χ0) is 12.3. The maximum absolute atomic E-state index is 5.99. The topological polar surface area (TPSA) is 76.7 Å². The van der Waals surface area contributed by atoms with Gasteiger partial charge in [0, 0.05) is 13.5 Å². The molecule has 0 spiro atoms. The van der Waals surface area contributed by atoms with Crippen LogP contribution in [0.25, 0.3) is 0 Å². The number of aromatic nitrogens is 4. The first-order chi connectivity index (χ1) is 8.19. The van der Waals surface area contributed by atoms with Gasteiger partial charge < -0.3 is 9.73 Å². The first kappa shape index (κ1) is 12.1. The second-order valence-electron chi connectivity index (χ2n) is 3.07. The lowest BCUT2D eigenvalue weighted by Gasteiger charge is -2.03. The second kappa shape index (κ2) is 5.33. The molecule has 2 rings (SSSR count). The summed E-state index contributed by atoms with van der Waals surface area (Å²) in [5, 5.41) is 12.0. The van der Waals surface area contributed by atoms with Crippen molar-refractivity contribution in [1.29, 1.82) is 0 Å². The van der Waals surface area contributed by atoms with Crippen molar-refractivity contribution in [3.8, 4) is 0 Å². The molecular weight excluding hydrogens is 262 g/mol. The van der Waals surface area contributed by atoms with E-state index in [0.717, 1.165) is 6.54 Å². The molecule has 17 heavy (non-hydrogen) atoms. The molecule has 8 heteroatoms. The van der Waals surface area contributed by atoms with Gasteiger partial charge >= 0.3 is 0 Å². The molecule has 0 atom stereocenters. The van der Waals surface area contributed by atoms with Gasteiger partial charge in [0.05, 0.1) is 11.2 Å². The maximum Gasteiger partial charge on any atom is 0.282 e. The Morgan fingerprint density at radius 1 is 1.47 bits per heavy atom. The molecule has 90 valence electrons. The maximum atomic E-state index is 5.99. The molecule has 0 unspecified atom stereocenters. The predicted molar refractivity (Wildman–Crippen MR) is 64.4 cm³/mol. The van der Waals surface area contributed by atoms with Crippen LogP contribution in [0, 0.1) is 6.92 Å². The van der Waals surface area contributed by atoms with E-state index < -0.39 is 0 Å². The minimum Gasteiger partial charge on any atom is -0.416 e. The average Bonchev–Trinajstić information content (AvgIpc) is 2.69. The minimum atomic E-state index is 0.408. The number of rotatable bonds is 4. The van der Waals surface area contributed by atoms with Crippen molar-refractivity contribution >= 4 is 29.3 Å². The summed E-state index contributed by atoms with van der Waals surface area (Å²) < 4.78 is 5.24. The predicted octanol–water partition coefficient (Wildman–Crippen LogP) is 2.40. The lowest BCUT2D eigenvalue weighted by atomic mass is 10.6. The molecule has 0 amide bonds. The van der Waals surface area contributed by atoms with Gasteiger partial charge in [0.2, 0.25) is 11.8 Å². The van der Waals surface area contributed by atoms with Gasteiger partial charge in [-0.05, 0) is 18.7 Å². The fraction of sp³-hybridized carbons (Fsp3) is 0.333. The van der Waals surface area contributed by atoms with Crippen LogP contribution < -0.4 is 5.32 Å². The fourth-order valence-electron chi connectivity index (χ4n) is 1.07. The summed E-state index contributed by atoms with van der Waals surface area (Å²) >= 11 is 7.20. The van der Waals surface area contributed by atoms with E-state index in [4.69, 9.17) is 16.0 Å². The van der Waals surface area contributed by atoms with Crippen molar-refractivity contribution < 1.29 is 4.42 Å². The SMILES string of the molecule is CCNc1ncc(Cl)c(Sc2nnc(C)o2)n1. The molecule has 6 nitrogen and oxygen atoms in total. The van der Waals surface area contributed by atoms with E-state index in [0.29, 0.717) is 27.1 Å². The molecule has 0 aliphatic carbocycles. The molecule has 0 bridgehead atoms. The van der Waals surface area contributed by atoms with E-state index in [2.05, 4.69) is 25.5 Å². The van der Waals surface area contributed by atoms with Gasteiger partial charge in [0.25, 0.3) is 5.22 Å². The molecule has 0 aliphatic rings. The lowest BCUT2D eigenvalue weighted by molar-refractivity contribution is 0.429. The smallest absolute Gasteiger partial charge is 0.282 e. The zero-order valence-electron chi connectivity index (χ0n) is 9.27. The minimum absolute atomic E-state index is 0.408. The number of halogens is 1. The Morgan fingerprint density at radius 3 is 2.94 bits per heavy atom. The Morgan fingerprint density at radius 2 is 2.29 bits per heavy atom. The number of hydrogen-bond donors (Lipinski definition) is 1. The third kappa shape index (κ3) is 3.07. The zero-order valence-corrected chi connectivity index (χ0v) is 10.8. The number of aryl methyl sites for hydroxylation is 1. The van der Waals surface area contributed by atoms with Crippen LogP contribution in [-0.4, -0.2) is 26.7 Å². The van der Waals surface area contributed by atoms with Gasteiger partial charge in [-0.15, -0.1) is 10.2 Å². The van der Waals surface area contributed by atoms with Crippen molar-refractivity contribution in [2.45, 2.75) is 24.1 Å². The van der Waals surface area contributed by atoms with E-state index in [1.54, 1.807) is 6.92 Å². The Labute approximate surface area is 107 Å². The van der Waals surface area contributed by atoms with Crippen LogP contribution in [0.1, 0.15) is 12.8 Å². The molecule has 1 N–H and O–H groups in total. The standard InChI is InChI=1S/C9H10ClN5OS/c1-3-11-8-12-4-6(10)7(13-8)17-9-15-14-5(2)16-9/h4H,3H2,1-2H3,(H,11,12,13). The molecule has 0 aromatic carbocycles. The Bertz CT molecular complexity index is 518. The summed E-state index contributed by atoms with van der Waals surface area (Å²) in [6, 6.07) is 0. The van der Waals surface area contributed by atoms with Gasteiger partial charge in [-0.2, -0.15) is 0 Å². The van der Waals surface area contributed by atoms with E-state index >= 15 is 0 Å². The van der Waals surface area contributed by atoms with Crippen molar-refractivity contribution in [1.82, 2.24) is 20.2 Å². The highest BCUT2D eigenvalue weighted by atomic mass is 35.5. The van der Waals surface area contributed by atoms with Gasteiger partial charge in [-0.25, -0.2) is 9.97 Å². The first-order valence-electron chi connectivity index (χ1n) is 4.93. The van der Waals surface area contributed by atoms with Crippen molar-refractivity contribution in [2.24, 2.45) is 0 Å². The summed E-state index contributed by atoms with van der Waals surface area (Å²) in [6.45, 7) is 4.43. The Hall–Kier alpha value is -1.34. The average molecular weight is 272 g/mol. The number of nitrogens with one attached hydrogen (secondary N) is 1. The van der Waals surface area contributed by atoms with Gasteiger partial charge in [-0.3, -0.25) is 0 Å². The molecule has 0 radical (unpaired) electrons. The molecule has 2 aromatic heterocycles. The normalized spacial score (nSPS) is 10.5. The third-order valence-electron chi connectivity index (χ3n) is 1.74. The van der Waals surface area contributed by atoms with Crippen LogP contribution >= 0.6 is 23.4 Å². The summed E-state index contributed by atoms with van der Waals surface area (Å²) in [6.07, 6.45) is 1.54. The van der Waals surface area contributed by atoms with Crippen LogP contribution in [0.2, 0.25) is 5.02 Å². The van der Waals surface area contributed by atoms with Gasteiger partial charge in [-0.1, -0.05) is 11.6 Å². The van der Waals surface area contributed by atoms with E-state index in [-0.39, 0.29) is 0 Å². The number of nitrogens with zero attached hydrogens (tertiary/aromatic N) is 4. The quantitative estimate of drug-likeness (QED) is 0.856. The van der Waals surface area contributed by atoms with Crippen LogP contribution in [-0.2, 0) is 0 Å². The molecule has 0 aliphatic heterocycles. The summed E-state index contributed by atoms with van der Waals surface area (Å²) in [5.74, 6) is 1.03. The lowest BCUT2D eigenvalue weighted by Crippen LogP contribution is -2.02. The van der Waals surface area contributed by atoms with Crippen molar-refractivity contribution in [3.63, 3.8) is 0 Å². The Kier molecular flexibility index (Phi) is 3.80. The van der Waals surface area contributed by atoms with Crippen molar-refractivity contribution in [2.75, 3.05) is 11.9 Å².